The monoisotopic (exact) mass is 231 g/mol. The highest BCUT2D eigenvalue weighted by molar-refractivity contribution is 8.01. The Balaban J connectivity index is 2.45. The van der Waals surface area contributed by atoms with Crippen molar-refractivity contribution in [3.05, 3.63) is 11.1 Å². The number of nitrogens with zero attached hydrogens (tertiary/aromatic N) is 2. The van der Waals surface area contributed by atoms with Crippen molar-refractivity contribution in [1.29, 1.82) is 0 Å². The predicted octanol–water partition coefficient (Wildman–Crippen LogP) is 2.07. The van der Waals surface area contributed by atoms with Crippen LogP contribution in [0.4, 0.5) is 0 Å². The lowest BCUT2D eigenvalue weighted by molar-refractivity contribution is 0.317. The summed E-state index contributed by atoms with van der Waals surface area (Å²) in [5.74, 6) is 0.262. The smallest absolute Gasteiger partial charge is 0.150 e. The molecule has 1 unspecified atom stereocenters. The minimum atomic E-state index is 0.262. The van der Waals surface area contributed by atoms with Crippen molar-refractivity contribution in [2.75, 3.05) is 0 Å². The van der Waals surface area contributed by atoms with E-state index in [1.807, 2.05) is 19.2 Å². The van der Waals surface area contributed by atoms with Gasteiger partial charge in [-0.3, -0.25) is 0 Å². The topological polar surface area (TPSA) is 71.5 Å². The molecule has 0 aliphatic carbocycles. The molecule has 1 aromatic rings. The third kappa shape index (κ3) is 3.55. The number of thiazole rings is 1. The molecule has 0 spiro atoms. The number of oxime groups is 1. The lowest BCUT2D eigenvalue weighted by atomic mass is 10.3. The van der Waals surface area contributed by atoms with Crippen LogP contribution in [-0.2, 0) is 0 Å². The van der Waals surface area contributed by atoms with Gasteiger partial charge in [0.2, 0.25) is 0 Å². The Morgan fingerprint density at radius 2 is 2.57 bits per heavy atom. The maximum atomic E-state index is 8.39. The Morgan fingerprint density at radius 3 is 3.07 bits per heavy atom. The first kappa shape index (κ1) is 11.3. The first-order valence-corrected chi connectivity index (χ1v) is 5.93. The number of amidine groups is 1. The van der Waals surface area contributed by atoms with Gasteiger partial charge in [0.1, 0.15) is 10.2 Å². The molecular weight excluding hydrogens is 218 g/mol. The molecule has 4 nitrogen and oxygen atoms in total. The summed E-state index contributed by atoms with van der Waals surface area (Å²) < 4.78 is 1.03. The maximum absolute atomic E-state index is 8.39. The SMILES string of the molecule is Cc1csc(SC(C)CC(N)=NO)n1. The van der Waals surface area contributed by atoms with Crippen molar-refractivity contribution in [2.24, 2.45) is 10.9 Å². The van der Waals surface area contributed by atoms with E-state index in [1.165, 1.54) is 0 Å². The summed E-state index contributed by atoms with van der Waals surface area (Å²) >= 11 is 3.26. The molecule has 1 heterocycles. The summed E-state index contributed by atoms with van der Waals surface area (Å²) in [6.45, 7) is 3.99. The van der Waals surface area contributed by atoms with E-state index in [4.69, 9.17) is 10.9 Å². The van der Waals surface area contributed by atoms with Gasteiger partial charge >= 0.3 is 0 Å². The minimum Gasteiger partial charge on any atom is -0.409 e. The number of thioether (sulfide) groups is 1. The van der Waals surface area contributed by atoms with E-state index in [1.54, 1.807) is 23.1 Å². The maximum Gasteiger partial charge on any atom is 0.150 e. The number of aromatic nitrogens is 1. The number of nitrogens with two attached hydrogens (primary N) is 1. The van der Waals surface area contributed by atoms with Crippen LogP contribution in [0.3, 0.4) is 0 Å². The Kier molecular flexibility index (Phi) is 4.21. The normalized spacial score (nSPS) is 14.3. The fourth-order valence-corrected chi connectivity index (χ4v) is 3.11. The molecular formula is C8H13N3OS2. The Morgan fingerprint density at radius 1 is 1.86 bits per heavy atom. The van der Waals surface area contributed by atoms with Gasteiger partial charge in [0.05, 0.1) is 0 Å². The van der Waals surface area contributed by atoms with Gasteiger partial charge in [-0.05, 0) is 6.92 Å². The molecule has 78 valence electrons. The third-order valence-electron chi connectivity index (χ3n) is 1.52. The van der Waals surface area contributed by atoms with Crippen LogP contribution in [0.1, 0.15) is 19.0 Å². The van der Waals surface area contributed by atoms with Gasteiger partial charge < -0.3 is 10.9 Å². The molecule has 0 aliphatic heterocycles. The first-order valence-electron chi connectivity index (χ1n) is 4.17. The summed E-state index contributed by atoms with van der Waals surface area (Å²) in [5, 5.41) is 13.6. The molecule has 1 atom stereocenters. The lowest BCUT2D eigenvalue weighted by Crippen LogP contribution is -2.16. The fraction of sp³-hybridized carbons (Fsp3) is 0.500. The number of hydrogen-bond acceptors (Lipinski definition) is 5. The zero-order valence-corrected chi connectivity index (χ0v) is 9.73. The minimum absolute atomic E-state index is 0.262. The van der Waals surface area contributed by atoms with Gasteiger partial charge in [-0.25, -0.2) is 4.98 Å². The second-order valence-electron chi connectivity index (χ2n) is 2.98. The number of rotatable bonds is 4. The van der Waals surface area contributed by atoms with E-state index in [0.717, 1.165) is 10.0 Å². The van der Waals surface area contributed by atoms with Crippen LogP contribution >= 0.6 is 23.1 Å². The second-order valence-corrected chi connectivity index (χ2v) is 5.52. The van der Waals surface area contributed by atoms with E-state index < -0.39 is 0 Å². The van der Waals surface area contributed by atoms with Gasteiger partial charge in [0.25, 0.3) is 0 Å². The number of aryl methyl sites for hydroxylation is 1. The molecule has 0 radical (unpaired) electrons. The van der Waals surface area contributed by atoms with Gasteiger partial charge in [0, 0.05) is 22.7 Å². The van der Waals surface area contributed by atoms with Crippen LogP contribution < -0.4 is 5.73 Å². The highest BCUT2D eigenvalue weighted by atomic mass is 32.2. The molecule has 0 bridgehead atoms. The van der Waals surface area contributed by atoms with Gasteiger partial charge in [-0.15, -0.1) is 11.3 Å². The van der Waals surface area contributed by atoms with E-state index in [-0.39, 0.29) is 11.1 Å². The van der Waals surface area contributed by atoms with Crippen molar-refractivity contribution in [3.63, 3.8) is 0 Å². The summed E-state index contributed by atoms with van der Waals surface area (Å²) in [6.07, 6.45) is 0.569. The van der Waals surface area contributed by atoms with Crippen LogP contribution in [0, 0.1) is 6.92 Å². The van der Waals surface area contributed by atoms with Crippen molar-refractivity contribution in [3.8, 4) is 0 Å². The standard InChI is InChI=1S/C8H13N3OS2/c1-5-4-13-8(10-5)14-6(2)3-7(9)11-12/h4,6,12H,3H2,1-2H3,(H2,9,11). The molecule has 3 N–H and O–H groups in total. The fourth-order valence-electron chi connectivity index (χ4n) is 0.936. The lowest BCUT2D eigenvalue weighted by Gasteiger charge is -2.06. The highest BCUT2D eigenvalue weighted by Crippen LogP contribution is 2.27. The zero-order chi connectivity index (χ0) is 10.6. The zero-order valence-electron chi connectivity index (χ0n) is 8.10. The third-order valence-corrected chi connectivity index (χ3v) is 3.72. The van der Waals surface area contributed by atoms with Crippen LogP contribution in [0.25, 0.3) is 0 Å². The number of hydrogen-bond donors (Lipinski definition) is 2. The molecule has 14 heavy (non-hydrogen) atoms. The molecule has 0 amide bonds. The van der Waals surface area contributed by atoms with E-state index in [2.05, 4.69) is 10.1 Å². The van der Waals surface area contributed by atoms with E-state index in [9.17, 15) is 0 Å². The Bertz CT molecular complexity index is 324. The van der Waals surface area contributed by atoms with Crippen LogP contribution in [-0.4, -0.2) is 21.3 Å². The molecule has 1 aromatic heterocycles. The average molecular weight is 231 g/mol. The quantitative estimate of drug-likeness (QED) is 0.273. The Labute approximate surface area is 91.2 Å². The van der Waals surface area contributed by atoms with Gasteiger partial charge in [0.15, 0.2) is 0 Å². The highest BCUT2D eigenvalue weighted by Gasteiger charge is 2.09. The van der Waals surface area contributed by atoms with Crippen molar-refractivity contribution in [2.45, 2.75) is 29.9 Å². The van der Waals surface area contributed by atoms with Crippen molar-refractivity contribution < 1.29 is 5.21 Å². The molecule has 0 aromatic carbocycles. The van der Waals surface area contributed by atoms with Crippen LogP contribution in [0.15, 0.2) is 14.9 Å². The summed E-state index contributed by atoms with van der Waals surface area (Å²) in [6, 6.07) is 0. The summed E-state index contributed by atoms with van der Waals surface area (Å²) in [5.41, 5.74) is 6.44. The Hall–Kier alpha value is -0.750. The second kappa shape index (κ2) is 5.21. The molecule has 0 saturated carbocycles. The van der Waals surface area contributed by atoms with Crippen molar-refractivity contribution >= 4 is 28.9 Å². The molecule has 0 fully saturated rings. The van der Waals surface area contributed by atoms with E-state index >= 15 is 0 Å². The van der Waals surface area contributed by atoms with Crippen molar-refractivity contribution in [1.82, 2.24) is 4.98 Å². The predicted molar refractivity (Wildman–Crippen MR) is 60.2 cm³/mol. The molecule has 0 saturated heterocycles. The van der Waals surface area contributed by atoms with E-state index in [0.29, 0.717) is 6.42 Å². The molecule has 0 aliphatic rings. The van der Waals surface area contributed by atoms with Gasteiger partial charge in [-0.1, -0.05) is 23.8 Å². The average Bonchev–Trinajstić information content (AvgIpc) is 2.50. The van der Waals surface area contributed by atoms with Gasteiger partial charge in [-0.2, -0.15) is 0 Å². The first-order chi connectivity index (χ1) is 6.61. The van der Waals surface area contributed by atoms with Crippen LogP contribution in [0.2, 0.25) is 0 Å². The largest absolute Gasteiger partial charge is 0.409 e. The summed E-state index contributed by atoms with van der Waals surface area (Å²) in [7, 11) is 0. The molecule has 6 heteroatoms. The molecule has 1 rings (SSSR count). The van der Waals surface area contributed by atoms with Crippen LogP contribution in [0.5, 0.6) is 0 Å². The summed E-state index contributed by atoms with van der Waals surface area (Å²) in [4.78, 5) is 4.32.